The van der Waals surface area contributed by atoms with Gasteiger partial charge in [-0.25, -0.2) is 14.6 Å². The highest BCUT2D eigenvalue weighted by Crippen LogP contribution is 2.34. The van der Waals surface area contributed by atoms with Gasteiger partial charge in [0.05, 0.1) is 29.6 Å². The Labute approximate surface area is 190 Å². The molecule has 8 heteroatoms. The van der Waals surface area contributed by atoms with Crippen molar-refractivity contribution in [2.45, 2.75) is 34.3 Å². The molecule has 0 spiro atoms. The van der Waals surface area contributed by atoms with Gasteiger partial charge in [0.25, 0.3) is 0 Å². The standard InChI is InChI=1S/C24H24N2O5S/c1-14-10-15(2)21(16(3)11-14)26(17(4)27)24-25-18(13-32-24)12-31-23(29)20-9-7-6-8-19(20)22(28)30-5/h6-11,13H,12H2,1-5H3. The fourth-order valence-electron chi connectivity index (χ4n) is 3.54. The van der Waals surface area contributed by atoms with Crippen LogP contribution < -0.4 is 4.90 Å². The Balaban J connectivity index is 1.81. The Hall–Kier alpha value is -3.52. The first-order valence-corrected chi connectivity index (χ1v) is 10.8. The van der Waals surface area contributed by atoms with Crippen LogP contribution in [0.15, 0.2) is 41.8 Å². The summed E-state index contributed by atoms with van der Waals surface area (Å²) in [5.41, 5.74) is 4.61. The average molecular weight is 453 g/mol. The highest BCUT2D eigenvalue weighted by Gasteiger charge is 2.23. The second-order valence-corrected chi connectivity index (χ2v) is 8.17. The lowest BCUT2D eigenvalue weighted by atomic mass is 10.0. The molecule has 0 saturated carbocycles. The molecule has 7 nitrogen and oxygen atoms in total. The Morgan fingerprint density at radius 3 is 2.16 bits per heavy atom. The highest BCUT2D eigenvalue weighted by atomic mass is 32.1. The zero-order chi connectivity index (χ0) is 23.4. The summed E-state index contributed by atoms with van der Waals surface area (Å²) in [5.74, 6) is -1.44. The second-order valence-electron chi connectivity index (χ2n) is 7.34. The monoisotopic (exact) mass is 452 g/mol. The van der Waals surface area contributed by atoms with Gasteiger partial charge in [-0.05, 0) is 44.0 Å². The first-order valence-electron chi connectivity index (χ1n) is 9.90. The van der Waals surface area contributed by atoms with Crippen molar-refractivity contribution in [3.8, 4) is 0 Å². The van der Waals surface area contributed by atoms with Gasteiger partial charge in [-0.15, -0.1) is 11.3 Å². The Kier molecular flexibility index (Phi) is 7.05. The number of methoxy groups -OCH3 is 1. The molecule has 2 aromatic carbocycles. The van der Waals surface area contributed by atoms with Crippen LogP contribution in [0, 0.1) is 20.8 Å². The molecule has 0 unspecified atom stereocenters. The van der Waals surface area contributed by atoms with Gasteiger partial charge in [0.1, 0.15) is 6.61 Å². The quantitative estimate of drug-likeness (QED) is 0.495. The molecule has 166 valence electrons. The molecule has 1 heterocycles. The van der Waals surface area contributed by atoms with E-state index in [0.717, 1.165) is 22.4 Å². The summed E-state index contributed by atoms with van der Waals surface area (Å²) in [6, 6.07) is 10.3. The van der Waals surface area contributed by atoms with E-state index in [1.807, 2.05) is 32.9 Å². The van der Waals surface area contributed by atoms with E-state index >= 15 is 0 Å². The van der Waals surface area contributed by atoms with Crippen molar-refractivity contribution in [3.63, 3.8) is 0 Å². The average Bonchev–Trinajstić information content (AvgIpc) is 3.21. The lowest BCUT2D eigenvalue weighted by Crippen LogP contribution is -2.24. The van der Waals surface area contributed by atoms with E-state index in [9.17, 15) is 14.4 Å². The molecule has 1 amide bonds. The van der Waals surface area contributed by atoms with Gasteiger partial charge in [-0.1, -0.05) is 29.8 Å². The van der Waals surface area contributed by atoms with Crippen LogP contribution in [-0.2, 0) is 20.9 Å². The van der Waals surface area contributed by atoms with E-state index < -0.39 is 11.9 Å². The maximum absolute atomic E-state index is 12.5. The molecule has 0 aliphatic heterocycles. The fourth-order valence-corrected chi connectivity index (χ4v) is 4.40. The smallest absolute Gasteiger partial charge is 0.339 e. The maximum Gasteiger partial charge on any atom is 0.339 e. The van der Waals surface area contributed by atoms with Gasteiger partial charge in [-0.3, -0.25) is 9.69 Å². The molecule has 0 bridgehead atoms. The molecule has 0 saturated heterocycles. The van der Waals surface area contributed by atoms with Gasteiger partial charge in [0, 0.05) is 12.3 Å². The molecular formula is C24H24N2O5S. The number of benzene rings is 2. The van der Waals surface area contributed by atoms with Crippen molar-refractivity contribution in [3.05, 3.63) is 75.3 Å². The van der Waals surface area contributed by atoms with Gasteiger partial charge < -0.3 is 9.47 Å². The molecule has 3 rings (SSSR count). The van der Waals surface area contributed by atoms with Crippen molar-refractivity contribution in [1.29, 1.82) is 0 Å². The number of esters is 2. The lowest BCUT2D eigenvalue weighted by Gasteiger charge is -2.23. The van der Waals surface area contributed by atoms with Crippen LogP contribution in [0.5, 0.6) is 0 Å². The number of aromatic nitrogens is 1. The van der Waals surface area contributed by atoms with Crippen molar-refractivity contribution in [2.75, 3.05) is 12.0 Å². The minimum Gasteiger partial charge on any atom is -0.465 e. The van der Waals surface area contributed by atoms with Crippen LogP contribution in [-0.4, -0.2) is 29.9 Å². The van der Waals surface area contributed by atoms with Gasteiger partial charge in [0.15, 0.2) is 5.13 Å². The van der Waals surface area contributed by atoms with Crippen molar-refractivity contribution >= 4 is 40.0 Å². The summed E-state index contributed by atoms with van der Waals surface area (Å²) >= 11 is 1.29. The van der Waals surface area contributed by atoms with Gasteiger partial charge >= 0.3 is 11.9 Å². The minimum absolute atomic E-state index is 0.0948. The van der Waals surface area contributed by atoms with Crippen LogP contribution in [0.4, 0.5) is 10.8 Å². The van der Waals surface area contributed by atoms with Crippen LogP contribution in [0.3, 0.4) is 0 Å². The number of thiazole rings is 1. The molecule has 0 N–H and O–H groups in total. The van der Waals surface area contributed by atoms with Gasteiger partial charge in [-0.2, -0.15) is 0 Å². The molecule has 1 aromatic heterocycles. The molecule has 32 heavy (non-hydrogen) atoms. The van der Waals surface area contributed by atoms with E-state index in [1.54, 1.807) is 22.4 Å². The van der Waals surface area contributed by atoms with Crippen LogP contribution in [0.25, 0.3) is 0 Å². The SMILES string of the molecule is COC(=O)c1ccccc1C(=O)OCc1csc(N(C(C)=O)c2c(C)cc(C)cc2C)n1. The number of ether oxygens (including phenoxy) is 2. The number of hydrogen-bond acceptors (Lipinski definition) is 7. The van der Waals surface area contributed by atoms with E-state index in [0.29, 0.717) is 10.8 Å². The molecular weight excluding hydrogens is 428 g/mol. The van der Waals surface area contributed by atoms with Crippen LogP contribution >= 0.6 is 11.3 Å². The van der Waals surface area contributed by atoms with Crippen molar-refractivity contribution in [1.82, 2.24) is 4.98 Å². The molecule has 0 aliphatic carbocycles. The first kappa shape index (κ1) is 23.1. The predicted octanol–water partition coefficient (Wildman–Crippen LogP) is 4.90. The van der Waals surface area contributed by atoms with E-state index in [1.165, 1.54) is 37.5 Å². The summed E-state index contributed by atoms with van der Waals surface area (Å²) < 4.78 is 10.1. The van der Waals surface area contributed by atoms with E-state index in [2.05, 4.69) is 4.98 Å². The third kappa shape index (κ3) is 4.86. The van der Waals surface area contributed by atoms with Crippen molar-refractivity contribution < 1.29 is 23.9 Å². The summed E-state index contributed by atoms with van der Waals surface area (Å²) in [7, 11) is 1.25. The van der Waals surface area contributed by atoms with Crippen LogP contribution in [0.1, 0.15) is 50.0 Å². The fraction of sp³-hybridized carbons (Fsp3) is 0.250. The summed E-state index contributed by atoms with van der Waals surface area (Å²) in [4.78, 5) is 43.0. The highest BCUT2D eigenvalue weighted by molar-refractivity contribution is 7.14. The maximum atomic E-state index is 12.5. The van der Waals surface area contributed by atoms with Crippen LogP contribution in [0.2, 0.25) is 0 Å². The van der Waals surface area contributed by atoms with Gasteiger partial charge in [0.2, 0.25) is 5.91 Å². The van der Waals surface area contributed by atoms with E-state index in [4.69, 9.17) is 9.47 Å². The number of hydrogen-bond donors (Lipinski definition) is 0. The molecule has 0 radical (unpaired) electrons. The normalized spacial score (nSPS) is 10.5. The topological polar surface area (TPSA) is 85.8 Å². The number of carbonyl (C=O) groups excluding carboxylic acids is 3. The number of amides is 1. The van der Waals surface area contributed by atoms with Crippen molar-refractivity contribution in [2.24, 2.45) is 0 Å². The minimum atomic E-state index is -0.658. The largest absolute Gasteiger partial charge is 0.465 e. The summed E-state index contributed by atoms with van der Waals surface area (Å²) in [5, 5.41) is 2.23. The zero-order valence-corrected chi connectivity index (χ0v) is 19.4. The molecule has 0 fully saturated rings. The second kappa shape index (κ2) is 9.74. The Morgan fingerprint density at radius 2 is 1.59 bits per heavy atom. The molecule has 0 atom stereocenters. The summed E-state index contributed by atoms with van der Waals surface area (Å²) in [6.07, 6.45) is 0. The number of anilines is 2. The Bertz CT molecular complexity index is 1160. The summed E-state index contributed by atoms with van der Waals surface area (Å²) in [6.45, 7) is 7.32. The first-order chi connectivity index (χ1) is 15.2. The number of aryl methyl sites for hydroxylation is 3. The molecule has 0 aliphatic rings. The number of nitrogens with zero attached hydrogens (tertiary/aromatic N) is 2. The Morgan fingerprint density at radius 1 is 1.00 bits per heavy atom. The number of rotatable bonds is 6. The number of carbonyl (C=O) groups is 3. The predicted molar refractivity (Wildman–Crippen MR) is 122 cm³/mol. The third-order valence-electron chi connectivity index (χ3n) is 4.81. The third-order valence-corrected chi connectivity index (χ3v) is 5.68. The van der Waals surface area contributed by atoms with E-state index in [-0.39, 0.29) is 23.6 Å². The lowest BCUT2D eigenvalue weighted by molar-refractivity contribution is -0.115. The zero-order valence-electron chi connectivity index (χ0n) is 18.6. The molecule has 3 aromatic rings.